The number of aliphatic carboxylic acids is 1. The summed E-state index contributed by atoms with van der Waals surface area (Å²) in [5, 5.41) is 14.4. The molecule has 20 heavy (non-hydrogen) atoms. The Bertz CT molecular complexity index is 463. The van der Waals surface area contributed by atoms with Gasteiger partial charge in [-0.05, 0) is 25.7 Å². The molecule has 0 fully saturated rings. The van der Waals surface area contributed by atoms with E-state index in [4.69, 9.17) is 0 Å². The minimum absolute atomic E-state index is 0.0944. The standard InChI is InChI=1S/C14H20N2O3S/c1-14(2,20-3)9-15-13(19)16-11(12(17)18)10-7-5-4-6-8-10/h4-8,11H,9H2,1-3H3,(H,17,18)(H2,15,16,19)/t11-/m1/s1. The summed E-state index contributed by atoms with van der Waals surface area (Å²) in [4.78, 5) is 23.0. The van der Waals surface area contributed by atoms with Crippen LogP contribution in [0.1, 0.15) is 25.5 Å². The smallest absolute Gasteiger partial charge is 0.330 e. The molecule has 1 aromatic rings. The van der Waals surface area contributed by atoms with Crippen molar-refractivity contribution in [3.05, 3.63) is 35.9 Å². The molecule has 0 saturated carbocycles. The molecule has 0 heterocycles. The molecule has 0 aliphatic carbocycles. The number of hydrogen-bond donors (Lipinski definition) is 3. The average Bonchev–Trinajstić information content (AvgIpc) is 2.43. The van der Waals surface area contributed by atoms with Gasteiger partial charge in [0.2, 0.25) is 0 Å². The van der Waals surface area contributed by atoms with Gasteiger partial charge >= 0.3 is 12.0 Å². The molecule has 6 heteroatoms. The lowest BCUT2D eigenvalue weighted by Gasteiger charge is -2.23. The summed E-state index contributed by atoms with van der Waals surface area (Å²) in [5.74, 6) is -1.09. The van der Waals surface area contributed by atoms with Crippen molar-refractivity contribution in [1.29, 1.82) is 0 Å². The van der Waals surface area contributed by atoms with Gasteiger partial charge in [0.1, 0.15) is 0 Å². The normalized spacial score (nSPS) is 12.6. The maximum absolute atomic E-state index is 11.8. The predicted molar refractivity (Wildman–Crippen MR) is 80.9 cm³/mol. The maximum atomic E-state index is 11.8. The number of carbonyl (C=O) groups excluding carboxylic acids is 1. The number of hydrogen-bond acceptors (Lipinski definition) is 3. The van der Waals surface area contributed by atoms with E-state index >= 15 is 0 Å². The van der Waals surface area contributed by atoms with Crippen molar-refractivity contribution in [3.63, 3.8) is 0 Å². The van der Waals surface area contributed by atoms with Crippen molar-refractivity contribution in [1.82, 2.24) is 10.6 Å². The molecule has 0 aliphatic rings. The summed E-state index contributed by atoms with van der Waals surface area (Å²) in [6.07, 6.45) is 1.96. The third-order valence-electron chi connectivity index (χ3n) is 2.88. The van der Waals surface area contributed by atoms with E-state index in [-0.39, 0.29) is 4.75 Å². The van der Waals surface area contributed by atoms with E-state index in [1.54, 1.807) is 42.1 Å². The van der Waals surface area contributed by atoms with Crippen LogP contribution in [0, 0.1) is 0 Å². The first-order valence-electron chi connectivity index (χ1n) is 6.23. The molecule has 0 spiro atoms. The number of thioether (sulfide) groups is 1. The zero-order valence-electron chi connectivity index (χ0n) is 11.8. The van der Waals surface area contributed by atoms with Gasteiger partial charge < -0.3 is 15.7 Å². The molecule has 1 atom stereocenters. The Morgan fingerprint density at radius 2 is 1.90 bits per heavy atom. The summed E-state index contributed by atoms with van der Waals surface area (Å²) < 4.78 is -0.0944. The van der Waals surface area contributed by atoms with Gasteiger partial charge in [-0.25, -0.2) is 9.59 Å². The van der Waals surface area contributed by atoms with Gasteiger partial charge in [-0.3, -0.25) is 0 Å². The molecule has 1 rings (SSSR count). The summed E-state index contributed by atoms with van der Waals surface area (Å²) in [6.45, 7) is 4.47. The molecule has 0 unspecified atom stereocenters. The van der Waals surface area contributed by atoms with Crippen LogP contribution in [0.25, 0.3) is 0 Å². The van der Waals surface area contributed by atoms with Crippen LogP contribution in [0.3, 0.4) is 0 Å². The lowest BCUT2D eigenvalue weighted by atomic mass is 10.1. The van der Waals surface area contributed by atoms with Crippen LogP contribution in [0.4, 0.5) is 4.79 Å². The van der Waals surface area contributed by atoms with E-state index in [9.17, 15) is 14.7 Å². The third-order valence-corrected chi connectivity index (χ3v) is 4.13. The van der Waals surface area contributed by atoms with E-state index in [0.717, 1.165) is 0 Å². The summed E-state index contributed by atoms with van der Waals surface area (Å²) in [6, 6.07) is 7.08. The summed E-state index contributed by atoms with van der Waals surface area (Å²) >= 11 is 1.63. The number of amides is 2. The Hall–Kier alpha value is -1.69. The Morgan fingerprint density at radius 3 is 2.40 bits per heavy atom. The fourth-order valence-corrected chi connectivity index (χ4v) is 1.70. The molecule has 0 radical (unpaired) electrons. The molecule has 2 amide bonds. The quantitative estimate of drug-likeness (QED) is 0.752. The van der Waals surface area contributed by atoms with Crippen LogP contribution in [0.2, 0.25) is 0 Å². The van der Waals surface area contributed by atoms with Gasteiger partial charge in [0.25, 0.3) is 0 Å². The summed E-state index contributed by atoms with van der Waals surface area (Å²) in [7, 11) is 0. The number of benzene rings is 1. The molecule has 0 saturated heterocycles. The van der Waals surface area contributed by atoms with E-state index in [1.165, 1.54) is 0 Å². The van der Waals surface area contributed by atoms with Crippen LogP contribution >= 0.6 is 11.8 Å². The van der Waals surface area contributed by atoms with Crippen LogP contribution in [-0.2, 0) is 4.79 Å². The predicted octanol–water partition coefficient (Wildman–Crippen LogP) is 2.25. The topological polar surface area (TPSA) is 78.4 Å². The van der Waals surface area contributed by atoms with Crippen molar-refractivity contribution < 1.29 is 14.7 Å². The van der Waals surface area contributed by atoms with Crippen molar-refractivity contribution in [2.75, 3.05) is 12.8 Å². The maximum Gasteiger partial charge on any atom is 0.330 e. The zero-order chi connectivity index (χ0) is 15.2. The minimum Gasteiger partial charge on any atom is -0.479 e. The lowest BCUT2D eigenvalue weighted by Crippen LogP contribution is -2.45. The molecule has 1 aromatic carbocycles. The highest BCUT2D eigenvalue weighted by molar-refractivity contribution is 7.99. The van der Waals surface area contributed by atoms with Gasteiger partial charge in [-0.15, -0.1) is 0 Å². The van der Waals surface area contributed by atoms with Crippen molar-refractivity contribution in [2.24, 2.45) is 0 Å². The fourth-order valence-electron chi connectivity index (χ4n) is 1.48. The molecule has 0 aromatic heterocycles. The largest absolute Gasteiger partial charge is 0.479 e. The first-order valence-corrected chi connectivity index (χ1v) is 7.45. The first kappa shape index (κ1) is 16.4. The molecule has 5 nitrogen and oxygen atoms in total. The number of urea groups is 1. The highest BCUT2D eigenvalue weighted by Gasteiger charge is 2.23. The number of carboxylic acids is 1. The molecular formula is C14H20N2O3S. The lowest BCUT2D eigenvalue weighted by molar-refractivity contribution is -0.139. The molecule has 0 bridgehead atoms. The minimum atomic E-state index is -1.09. The van der Waals surface area contributed by atoms with Crippen LogP contribution in [0.15, 0.2) is 30.3 Å². The van der Waals surface area contributed by atoms with E-state index in [2.05, 4.69) is 10.6 Å². The van der Waals surface area contributed by atoms with E-state index in [1.807, 2.05) is 20.1 Å². The molecule has 110 valence electrons. The van der Waals surface area contributed by atoms with Crippen molar-refractivity contribution >= 4 is 23.8 Å². The Kier molecular flexibility index (Phi) is 5.88. The van der Waals surface area contributed by atoms with Gasteiger partial charge in [-0.2, -0.15) is 11.8 Å². The third kappa shape index (κ3) is 5.13. The second-order valence-electron chi connectivity index (χ2n) is 4.97. The molecule has 0 aliphatic heterocycles. The second-order valence-corrected chi connectivity index (χ2v) is 6.49. The Morgan fingerprint density at radius 1 is 1.30 bits per heavy atom. The zero-order valence-corrected chi connectivity index (χ0v) is 12.7. The van der Waals surface area contributed by atoms with E-state index in [0.29, 0.717) is 12.1 Å². The second kappa shape index (κ2) is 7.19. The number of carboxylic acid groups (broad SMARTS) is 1. The first-order chi connectivity index (χ1) is 9.35. The van der Waals surface area contributed by atoms with Crippen LogP contribution < -0.4 is 10.6 Å². The molecular weight excluding hydrogens is 276 g/mol. The van der Waals surface area contributed by atoms with Crippen molar-refractivity contribution in [3.8, 4) is 0 Å². The molecule has 3 N–H and O–H groups in total. The van der Waals surface area contributed by atoms with Crippen molar-refractivity contribution in [2.45, 2.75) is 24.6 Å². The highest BCUT2D eigenvalue weighted by Crippen LogP contribution is 2.19. The Labute approximate surface area is 123 Å². The fraction of sp³-hybridized carbons (Fsp3) is 0.429. The average molecular weight is 296 g/mol. The number of carbonyl (C=O) groups is 2. The highest BCUT2D eigenvalue weighted by atomic mass is 32.2. The van der Waals surface area contributed by atoms with Crippen LogP contribution in [-0.4, -0.2) is 34.7 Å². The van der Waals surface area contributed by atoms with E-state index < -0.39 is 18.0 Å². The van der Waals surface area contributed by atoms with Gasteiger partial charge in [0, 0.05) is 11.3 Å². The Balaban J connectivity index is 2.64. The number of rotatable bonds is 6. The summed E-state index contributed by atoms with van der Waals surface area (Å²) in [5.41, 5.74) is 0.541. The number of nitrogens with one attached hydrogen (secondary N) is 2. The monoisotopic (exact) mass is 296 g/mol. The van der Waals surface area contributed by atoms with Gasteiger partial charge in [0.15, 0.2) is 6.04 Å². The van der Waals surface area contributed by atoms with Gasteiger partial charge in [-0.1, -0.05) is 30.3 Å². The van der Waals surface area contributed by atoms with Crippen LogP contribution in [0.5, 0.6) is 0 Å². The van der Waals surface area contributed by atoms with Gasteiger partial charge in [0.05, 0.1) is 0 Å². The SMILES string of the molecule is CSC(C)(C)CNC(=O)N[C@@H](C(=O)O)c1ccccc1.